The molecule has 0 aromatic rings. The summed E-state index contributed by atoms with van der Waals surface area (Å²) in [6, 6.07) is 0. The van der Waals surface area contributed by atoms with E-state index >= 15 is 0 Å². The topological polar surface area (TPSA) is 108 Å². The van der Waals surface area contributed by atoms with Gasteiger partial charge < -0.3 is 9.47 Å². The largest absolute Gasteiger partial charge is 0.464 e. The molecule has 0 amide bonds. The van der Waals surface area contributed by atoms with Crippen molar-refractivity contribution in [2.75, 3.05) is 19.4 Å². The third-order valence-corrected chi connectivity index (χ3v) is 3.47. The molecule has 0 bridgehead atoms. The van der Waals surface area contributed by atoms with Crippen LogP contribution in [0.15, 0.2) is 0 Å². The fraction of sp³-hybridized carbons (Fsp3) is 0.846. The van der Waals surface area contributed by atoms with Crippen LogP contribution in [0.25, 0.3) is 0 Å². The molecule has 1 saturated heterocycles. The third-order valence-electron chi connectivity index (χ3n) is 2.85. The van der Waals surface area contributed by atoms with E-state index in [-0.39, 0.29) is 19.6 Å². The highest BCUT2D eigenvalue weighted by Crippen LogP contribution is 2.28. The fourth-order valence-corrected chi connectivity index (χ4v) is 2.73. The quantitative estimate of drug-likeness (QED) is 0.423. The van der Waals surface area contributed by atoms with Gasteiger partial charge in [-0.3, -0.25) is 9.50 Å². The van der Waals surface area contributed by atoms with Gasteiger partial charge in [-0.05, 0) is 27.7 Å². The van der Waals surface area contributed by atoms with Crippen molar-refractivity contribution in [3.8, 4) is 0 Å². The predicted octanol–water partition coefficient (Wildman–Crippen LogP) is -0.0319. The lowest BCUT2D eigenvalue weighted by molar-refractivity contribution is -0.173. The number of carbonyl (C=O) groups excluding carboxylic acids is 2. The molecular formula is C13H23NO7S. The molecule has 9 heteroatoms. The lowest BCUT2D eigenvalue weighted by Gasteiger charge is -2.29. The molecule has 1 fully saturated rings. The Morgan fingerprint density at radius 1 is 1.27 bits per heavy atom. The van der Waals surface area contributed by atoms with Crippen LogP contribution >= 0.6 is 0 Å². The zero-order valence-electron chi connectivity index (χ0n) is 13.5. The van der Waals surface area contributed by atoms with Gasteiger partial charge >= 0.3 is 11.9 Å². The molecule has 1 rings (SSSR count). The summed E-state index contributed by atoms with van der Waals surface area (Å²) in [7, 11) is -3.70. The minimum absolute atomic E-state index is 0.0190. The van der Waals surface area contributed by atoms with Crippen molar-refractivity contribution in [1.29, 1.82) is 0 Å². The van der Waals surface area contributed by atoms with E-state index in [0.717, 1.165) is 6.26 Å². The molecule has 0 radical (unpaired) electrons. The van der Waals surface area contributed by atoms with Crippen molar-refractivity contribution in [1.82, 2.24) is 5.32 Å². The highest BCUT2D eigenvalue weighted by molar-refractivity contribution is 7.86. The summed E-state index contributed by atoms with van der Waals surface area (Å²) in [5.41, 5.74) is -2.55. The van der Waals surface area contributed by atoms with Gasteiger partial charge in [-0.25, -0.2) is 9.59 Å². The van der Waals surface area contributed by atoms with Crippen molar-refractivity contribution in [2.45, 2.75) is 51.4 Å². The van der Waals surface area contributed by atoms with Crippen LogP contribution < -0.4 is 5.32 Å². The third kappa shape index (κ3) is 4.92. The smallest absolute Gasteiger partial charge is 0.338 e. The molecule has 0 spiro atoms. The maximum atomic E-state index is 12.4. The second-order valence-corrected chi connectivity index (χ2v) is 7.74. The number of nitrogens with one attached hydrogen (secondary N) is 1. The molecular weight excluding hydrogens is 314 g/mol. The lowest BCUT2D eigenvalue weighted by Crippen LogP contribution is -2.57. The molecule has 128 valence electrons. The van der Waals surface area contributed by atoms with Gasteiger partial charge in [0.25, 0.3) is 10.1 Å². The SMILES string of the molecule is CCOC(=O)C1(C(=O)OC(C)(C)C)CC(OS(C)(=O)=O)CN1. The van der Waals surface area contributed by atoms with Crippen molar-refractivity contribution in [3.05, 3.63) is 0 Å². The van der Waals surface area contributed by atoms with Gasteiger partial charge in [0.1, 0.15) is 5.60 Å². The monoisotopic (exact) mass is 337 g/mol. The number of ether oxygens (including phenoxy) is 2. The van der Waals surface area contributed by atoms with E-state index in [9.17, 15) is 18.0 Å². The minimum Gasteiger partial charge on any atom is -0.464 e. The molecule has 0 aromatic heterocycles. The van der Waals surface area contributed by atoms with Crippen molar-refractivity contribution >= 4 is 22.1 Å². The van der Waals surface area contributed by atoms with E-state index in [2.05, 4.69) is 5.32 Å². The van der Waals surface area contributed by atoms with Crippen molar-refractivity contribution in [2.24, 2.45) is 0 Å². The molecule has 8 nitrogen and oxygen atoms in total. The number of carbonyl (C=O) groups is 2. The van der Waals surface area contributed by atoms with Crippen LogP contribution in [0.2, 0.25) is 0 Å². The Kier molecular flexibility index (Phi) is 5.58. The first kappa shape index (κ1) is 18.9. The first-order valence-electron chi connectivity index (χ1n) is 6.93. The molecule has 22 heavy (non-hydrogen) atoms. The van der Waals surface area contributed by atoms with E-state index in [0.29, 0.717) is 0 Å². The van der Waals surface area contributed by atoms with Crippen LogP contribution in [0.5, 0.6) is 0 Å². The first-order valence-corrected chi connectivity index (χ1v) is 8.75. The van der Waals surface area contributed by atoms with E-state index in [1.54, 1.807) is 27.7 Å². The Labute approximate surface area is 130 Å². The molecule has 0 saturated carbocycles. The van der Waals surface area contributed by atoms with Gasteiger partial charge in [0.05, 0.1) is 19.0 Å². The van der Waals surface area contributed by atoms with Gasteiger partial charge in [-0.1, -0.05) is 0 Å². The number of hydrogen-bond acceptors (Lipinski definition) is 8. The summed E-state index contributed by atoms with van der Waals surface area (Å²) >= 11 is 0. The van der Waals surface area contributed by atoms with Gasteiger partial charge in [0.15, 0.2) is 0 Å². The van der Waals surface area contributed by atoms with Gasteiger partial charge in [-0.2, -0.15) is 8.42 Å². The molecule has 1 aliphatic heterocycles. The number of rotatable bonds is 5. The van der Waals surface area contributed by atoms with Crippen LogP contribution in [-0.2, 0) is 33.4 Å². The Balaban J connectivity index is 3.00. The van der Waals surface area contributed by atoms with E-state index in [1.807, 2.05) is 0 Å². The zero-order valence-corrected chi connectivity index (χ0v) is 14.3. The fourth-order valence-electron chi connectivity index (χ4n) is 2.10. The maximum Gasteiger partial charge on any atom is 0.338 e. The zero-order chi connectivity index (χ0) is 17.2. The van der Waals surface area contributed by atoms with Crippen molar-refractivity contribution in [3.63, 3.8) is 0 Å². The Hall–Kier alpha value is -1.19. The average Bonchev–Trinajstić information content (AvgIpc) is 2.70. The number of hydrogen-bond donors (Lipinski definition) is 1. The normalized spacial score (nSPS) is 25.8. The van der Waals surface area contributed by atoms with Crippen LogP contribution in [0.1, 0.15) is 34.1 Å². The Morgan fingerprint density at radius 2 is 1.86 bits per heavy atom. The summed E-state index contributed by atoms with van der Waals surface area (Å²) in [4.78, 5) is 24.6. The first-order chi connectivity index (χ1) is 9.89. The summed E-state index contributed by atoms with van der Waals surface area (Å²) in [6.45, 7) is 6.73. The molecule has 1 heterocycles. The second-order valence-electron chi connectivity index (χ2n) is 6.14. The van der Waals surface area contributed by atoms with Crippen LogP contribution in [0.3, 0.4) is 0 Å². The van der Waals surface area contributed by atoms with Gasteiger partial charge in [0.2, 0.25) is 5.54 Å². The van der Waals surface area contributed by atoms with Gasteiger partial charge in [-0.15, -0.1) is 0 Å². The van der Waals surface area contributed by atoms with Crippen LogP contribution in [0, 0.1) is 0 Å². The molecule has 1 aliphatic rings. The maximum absolute atomic E-state index is 12.4. The highest BCUT2D eigenvalue weighted by Gasteiger charge is 2.55. The summed E-state index contributed by atoms with van der Waals surface area (Å²) in [6.07, 6.45) is -0.106. The summed E-state index contributed by atoms with van der Waals surface area (Å²) in [5.74, 6) is -1.61. The highest BCUT2D eigenvalue weighted by atomic mass is 32.2. The van der Waals surface area contributed by atoms with E-state index in [1.165, 1.54) is 0 Å². The Bertz CT molecular complexity index is 537. The van der Waals surface area contributed by atoms with Crippen LogP contribution in [0.4, 0.5) is 0 Å². The van der Waals surface area contributed by atoms with Crippen LogP contribution in [-0.4, -0.2) is 57.0 Å². The van der Waals surface area contributed by atoms with Crippen molar-refractivity contribution < 1.29 is 31.7 Å². The molecule has 2 unspecified atom stereocenters. The van der Waals surface area contributed by atoms with E-state index < -0.39 is 39.3 Å². The Morgan fingerprint density at radius 3 is 2.32 bits per heavy atom. The second kappa shape index (κ2) is 6.51. The summed E-state index contributed by atoms with van der Waals surface area (Å²) < 4.78 is 37.5. The summed E-state index contributed by atoms with van der Waals surface area (Å²) in [5, 5.41) is 2.71. The molecule has 0 aromatic carbocycles. The van der Waals surface area contributed by atoms with Gasteiger partial charge in [0, 0.05) is 13.0 Å². The standard InChI is InChI=1S/C13H23NO7S/c1-6-19-10(15)13(11(16)20-12(2,3)4)7-9(8-14-13)21-22(5,17)18/h9,14H,6-8H2,1-5H3. The molecule has 0 aliphatic carbocycles. The molecule has 2 atom stereocenters. The predicted molar refractivity (Wildman–Crippen MR) is 77.5 cm³/mol. The molecule has 1 N–H and O–H groups in total. The average molecular weight is 337 g/mol. The lowest BCUT2D eigenvalue weighted by atomic mass is 9.96. The van der Waals surface area contributed by atoms with E-state index in [4.69, 9.17) is 13.7 Å². The minimum atomic E-state index is -3.70. The number of esters is 2.